The highest BCUT2D eigenvalue weighted by atomic mass is 35.5. The summed E-state index contributed by atoms with van der Waals surface area (Å²) in [5, 5.41) is 0. The highest BCUT2D eigenvalue weighted by Crippen LogP contribution is 2.76. The zero-order valence-electron chi connectivity index (χ0n) is 11.2. The molecule has 0 radical (unpaired) electrons. The van der Waals surface area contributed by atoms with Crippen LogP contribution in [0.1, 0.15) is 13.8 Å². The molecule has 2 unspecified atom stereocenters. The first kappa shape index (κ1) is 15.0. The third kappa shape index (κ3) is 1.66. The van der Waals surface area contributed by atoms with Crippen molar-refractivity contribution in [2.45, 2.75) is 25.0 Å². The molecule has 1 spiro atoms. The van der Waals surface area contributed by atoms with E-state index < -0.39 is 0 Å². The maximum Gasteiger partial charge on any atom is 0.104 e. The van der Waals surface area contributed by atoms with Crippen molar-refractivity contribution in [3.8, 4) is 0 Å². The number of ether oxygens (including phenoxy) is 1. The number of epoxide rings is 1. The third-order valence-corrected chi connectivity index (χ3v) is 7.40. The van der Waals surface area contributed by atoms with Crippen LogP contribution in [0.15, 0.2) is 0 Å². The summed E-state index contributed by atoms with van der Waals surface area (Å²) < 4.78 is 6.23. The van der Waals surface area contributed by atoms with Gasteiger partial charge in [-0.25, -0.2) is 0 Å². The molecular formula is C14H20Cl4O. The Labute approximate surface area is 135 Å². The number of alkyl halides is 4. The zero-order valence-corrected chi connectivity index (χ0v) is 14.2. The predicted octanol–water partition coefficient (Wildman–Crippen LogP) is 4.21. The summed E-state index contributed by atoms with van der Waals surface area (Å²) in [4.78, 5) is 0. The lowest BCUT2D eigenvalue weighted by molar-refractivity contribution is 0.148. The molecule has 0 aromatic heterocycles. The average Bonchev–Trinajstić information content (AvgIpc) is 2.73. The van der Waals surface area contributed by atoms with E-state index in [1.165, 1.54) is 0 Å². The van der Waals surface area contributed by atoms with E-state index in [9.17, 15) is 0 Å². The van der Waals surface area contributed by atoms with E-state index >= 15 is 0 Å². The van der Waals surface area contributed by atoms with Gasteiger partial charge in [0.25, 0.3) is 0 Å². The number of rotatable bonds is 4. The molecule has 2 saturated carbocycles. The van der Waals surface area contributed by atoms with Crippen LogP contribution in [0.4, 0.5) is 0 Å². The van der Waals surface area contributed by atoms with Crippen LogP contribution in [0.25, 0.3) is 0 Å². The zero-order chi connectivity index (χ0) is 14.0. The Morgan fingerprint density at radius 3 is 1.16 bits per heavy atom. The first-order valence-corrected chi connectivity index (χ1v) is 9.08. The molecule has 0 aromatic carbocycles. The van der Waals surface area contributed by atoms with Crippen LogP contribution in [-0.4, -0.2) is 34.7 Å². The fourth-order valence-corrected chi connectivity index (χ4v) is 7.06. The topological polar surface area (TPSA) is 12.5 Å². The van der Waals surface area contributed by atoms with Gasteiger partial charge in [-0.1, -0.05) is 0 Å². The normalized spacial score (nSPS) is 54.0. The van der Waals surface area contributed by atoms with Crippen LogP contribution in [0.5, 0.6) is 0 Å². The van der Waals surface area contributed by atoms with Gasteiger partial charge < -0.3 is 4.74 Å². The van der Waals surface area contributed by atoms with Crippen LogP contribution >= 0.6 is 46.4 Å². The lowest BCUT2D eigenvalue weighted by Crippen LogP contribution is -2.38. The SMILES string of the molecule is CC1(C)OC12C1[C@@H](CCl)[C@@H](CCl)C2[C@@H](CCl)[C@H]1CCl. The molecule has 1 aliphatic heterocycles. The van der Waals surface area contributed by atoms with E-state index in [0.29, 0.717) is 59.0 Å². The maximum absolute atomic E-state index is 6.25. The molecule has 1 nitrogen and oxygen atoms in total. The van der Waals surface area contributed by atoms with Crippen molar-refractivity contribution in [3.63, 3.8) is 0 Å². The summed E-state index contributed by atoms with van der Waals surface area (Å²) in [6.45, 7) is 4.35. The van der Waals surface area contributed by atoms with Gasteiger partial charge in [0.15, 0.2) is 0 Å². The second kappa shape index (κ2) is 4.81. The minimum absolute atomic E-state index is 0.0781. The molecule has 3 fully saturated rings. The van der Waals surface area contributed by atoms with E-state index in [1.54, 1.807) is 0 Å². The Morgan fingerprint density at radius 1 is 0.737 bits per heavy atom. The lowest BCUT2D eigenvalue weighted by Gasteiger charge is -2.37. The number of hydrogen-bond donors (Lipinski definition) is 0. The highest BCUT2D eigenvalue weighted by molar-refractivity contribution is 6.20. The van der Waals surface area contributed by atoms with Gasteiger partial charge in [0.1, 0.15) is 5.60 Å². The average molecular weight is 346 g/mol. The molecule has 5 heteroatoms. The molecule has 1 saturated heterocycles. The summed E-state index contributed by atoms with van der Waals surface area (Å²) in [5.74, 6) is 5.03. The second-order valence-electron chi connectivity index (χ2n) is 6.73. The van der Waals surface area contributed by atoms with Crippen LogP contribution in [0.2, 0.25) is 0 Å². The van der Waals surface area contributed by atoms with Gasteiger partial charge >= 0.3 is 0 Å². The van der Waals surface area contributed by atoms with Crippen molar-refractivity contribution in [1.82, 2.24) is 0 Å². The summed E-state index contributed by atoms with van der Waals surface area (Å²) in [6.07, 6.45) is 0. The highest BCUT2D eigenvalue weighted by Gasteiger charge is 2.83. The van der Waals surface area contributed by atoms with Crippen LogP contribution in [-0.2, 0) is 4.74 Å². The maximum atomic E-state index is 6.25. The number of hydrogen-bond acceptors (Lipinski definition) is 1. The van der Waals surface area contributed by atoms with E-state index in [1.807, 2.05) is 0 Å². The Bertz CT molecular complexity index is 328. The largest absolute Gasteiger partial charge is 0.362 e. The molecule has 0 aromatic rings. The standard InChI is InChI=1S/C14H20Cl4O/c1-13(2)14(19-13)11-7(3-15)8(4-16)12(14)10(6-18)9(11)5-17/h7-12H,3-6H2,1-2H3/t7-,8+,9+,10-,11?,12?,14?. The third-order valence-electron chi connectivity index (χ3n) is 5.97. The van der Waals surface area contributed by atoms with Crippen molar-refractivity contribution >= 4 is 46.4 Å². The van der Waals surface area contributed by atoms with Gasteiger partial charge in [0.05, 0.1) is 5.60 Å². The molecule has 0 N–H and O–H groups in total. The van der Waals surface area contributed by atoms with Gasteiger partial charge in [0, 0.05) is 23.5 Å². The smallest absolute Gasteiger partial charge is 0.104 e. The molecule has 1 heterocycles. The molecule has 0 amide bonds. The fourth-order valence-electron chi connectivity index (χ4n) is 5.37. The minimum atomic E-state index is -0.0848. The molecular weight excluding hydrogens is 326 g/mol. The van der Waals surface area contributed by atoms with Gasteiger partial charge in [-0.15, -0.1) is 46.4 Å². The quantitative estimate of drug-likeness (QED) is 0.549. The van der Waals surface area contributed by atoms with Crippen LogP contribution < -0.4 is 0 Å². The lowest BCUT2D eigenvalue weighted by atomic mass is 9.70. The summed E-state index contributed by atoms with van der Waals surface area (Å²) in [5.41, 5.74) is -0.163. The summed E-state index contributed by atoms with van der Waals surface area (Å²) >= 11 is 25.0. The van der Waals surface area contributed by atoms with E-state index in [4.69, 9.17) is 51.1 Å². The summed E-state index contributed by atoms with van der Waals surface area (Å²) in [6, 6.07) is 0. The predicted molar refractivity (Wildman–Crippen MR) is 81.7 cm³/mol. The minimum Gasteiger partial charge on any atom is -0.362 e. The van der Waals surface area contributed by atoms with Gasteiger partial charge in [0.2, 0.25) is 0 Å². The fraction of sp³-hybridized carbons (Fsp3) is 1.00. The molecule has 2 bridgehead atoms. The molecule has 6 atom stereocenters. The number of halogens is 4. The van der Waals surface area contributed by atoms with Gasteiger partial charge in [-0.3, -0.25) is 0 Å². The Kier molecular flexibility index (Phi) is 3.81. The van der Waals surface area contributed by atoms with Crippen molar-refractivity contribution in [2.24, 2.45) is 35.5 Å². The van der Waals surface area contributed by atoms with E-state index in [0.717, 1.165) is 0 Å². The van der Waals surface area contributed by atoms with Crippen molar-refractivity contribution < 1.29 is 4.74 Å². The first-order valence-electron chi connectivity index (χ1n) is 6.94. The summed E-state index contributed by atoms with van der Waals surface area (Å²) in [7, 11) is 0. The molecule has 110 valence electrons. The van der Waals surface area contributed by atoms with Crippen LogP contribution in [0.3, 0.4) is 0 Å². The molecule has 3 rings (SSSR count). The Morgan fingerprint density at radius 2 is 1.00 bits per heavy atom. The first-order chi connectivity index (χ1) is 9.00. The van der Waals surface area contributed by atoms with Crippen molar-refractivity contribution in [2.75, 3.05) is 23.5 Å². The van der Waals surface area contributed by atoms with E-state index in [-0.39, 0.29) is 11.2 Å². The second-order valence-corrected chi connectivity index (χ2v) is 7.96. The van der Waals surface area contributed by atoms with Crippen LogP contribution in [0, 0.1) is 35.5 Å². The van der Waals surface area contributed by atoms with Gasteiger partial charge in [-0.2, -0.15) is 0 Å². The molecule has 3 aliphatic rings. The molecule has 19 heavy (non-hydrogen) atoms. The Balaban J connectivity index is 2.05. The Hall–Kier alpha value is 1.12. The van der Waals surface area contributed by atoms with Crippen molar-refractivity contribution in [3.05, 3.63) is 0 Å². The van der Waals surface area contributed by atoms with Crippen molar-refractivity contribution in [1.29, 1.82) is 0 Å². The molecule has 2 aliphatic carbocycles. The monoisotopic (exact) mass is 344 g/mol. The van der Waals surface area contributed by atoms with Gasteiger partial charge in [-0.05, 0) is 49.4 Å². The van der Waals surface area contributed by atoms with E-state index in [2.05, 4.69) is 13.8 Å².